The van der Waals surface area contributed by atoms with Gasteiger partial charge in [-0.15, -0.1) is 0 Å². The van der Waals surface area contributed by atoms with Crippen LogP contribution < -0.4 is 5.32 Å². The van der Waals surface area contributed by atoms with Crippen LogP contribution in [0.4, 0.5) is 16.3 Å². The highest BCUT2D eigenvalue weighted by atomic mass is 16.7. The number of anilines is 1. The minimum Gasteiger partial charge on any atom is -0.432 e. The second-order valence-electron chi connectivity index (χ2n) is 5.68. The van der Waals surface area contributed by atoms with Crippen LogP contribution in [0.3, 0.4) is 0 Å². The van der Waals surface area contributed by atoms with Crippen molar-refractivity contribution in [3.05, 3.63) is 28.4 Å². The van der Waals surface area contributed by atoms with E-state index in [1.807, 2.05) is 6.92 Å². The summed E-state index contributed by atoms with van der Waals surface area (Å²) < 4.78 is 10.1. The molecule has 0 aliphatic carbocycles. The van der Waals surface area contributed by atoms with Crippen LogP contribution in [0.25, 0.3) is 0 Å². The Kier molecular flexibility index (Phi) is 6.09. The summed E-state index contributed by atoms with van der Waals surface area (Å²) in [7, 11) is 0. The normalized spacial score (nSPS) is 12.4. The molecule has 122 valence electrons. The highest BCUT2D eigenvalue weighted by Gasteiger charge is 2.19. The van der Waals surface area contributed by atoms with Gasteiger partial charge < -0.3 is 14.8 Å². The minimum absolute atomic E-state index is 0.0800. The van der Waals surface area contributed by atoms with E-state index < -0.39 is 16.7 Å². The number of nitrogens with one attached hydrogen (secondary N) is 1. The molecule has 1 heterocycles. The van der Waals surface area contributed by atoms with Crippen molar-refractivity contribution in [2.45, 2.75) is 45.8 Å². The topological polar surface area (TPSA) is 104 Å². The number of nitrogens with zero attached hydrogens (tertiary/aromatic N) is 2. The summed E-state index contributed by atoms with van der Waals surface area (Å²) in [5.74, 6) is 0.477. The Morgan fingerprint density at radius 1 is 1.45 bits per heavy atom. The maximum atomic E-state index is 11.5. The van der Waals surface area contributed by atoms with Crippen LogP contribution in [-0.2, 0) is 9.47 Å². The molecular formula is C14H21N3O5. The fraction of sp³-hybridized carbons (Fsp3) is 0.571. The van der Waals surface area contributed by atoms with E-state index in [0.717, 1.165) is 0 Å². The van der Waals surface area contributed by atoms with Gasteiger partial charge in [-0.25, -0.2) is 9.78 Å². The van der Waals surface area contributed by atoms with Crippen LogP contribution in [0.15, 0.2) is 18.3 Å². The van der Waals surface area contributed by atoms with Gasteiger partial charge in [0.15, 0.2) is 0 Å². The number of hydrogen-bond acceptors (Lipinski definition) is 7. The van der Waals surface area contributed by atoms with Gasteiger partial charge in [0.2, 0.25) is 0 Å². The van der Waals surface area contributed by atoms with E-state index in [9.17, 15) is 14.9 Å². The highest BCUT2D eigenvalue weighted by Crippen LogP contribution is 2.14. The Morgan fingerprint density at radius 3 is 2.59 bits per heavy atom. The summed E-state index contributed by atoms with van der Waals surface area (Å²) in [6.07, 6.45) is 1.12. The average Bonchev–Trinajstić information content (AvgIpc) is 2.42. The smallest absolute Gasteiger partial charge is 0.432 e. The monoisotopic (exact) mass is 311 g/mol. The summed E-state index contributed by atoms with van der Waals surface area (Å²) in [5, 5.41) is 13.6. The van der Waals surface area contributed by atoms with Gasteiger partial charge in [-0.2, -0.15) is 0 Å². The molecule has 0 saturated carbocycles. The van der Waals surface area contributed by atoms with Gasteiger partial charge in [0.25, 0.3) is 5.69 Å². The Morgan fingerprint density at radius 2 is 2.14 bits per heavy atom. The Balaban J connectivity index is 2.51. The van der Waals surface area contributed by atoms with Crippen molar-refractivity contribution in [2.24, 2.45) is 0 Å². The van der Waals surface area contributed by atoms with E-state index in [4.69, 9.17) is 9.47 Å². The van der Waals surface area contributed by atoms with E-state index in [-0.39, 0.29) is 18.3 Å². The Hall–Kier alpha value is -2.38. The first-order valence-corrected chi connectivity index (χ1v) is 6.94. The molecule has 1 unspecified atom stereocenters. The van der Waals surface area contributed by atoms with Crippen LogP contribution in [0.2, 0.25) is 0 Å². The number of rotatable bonds is 6. The average molecular weight is 311 g/mol. The number of aromatic nitrogens is 1. The molecule has 8 heteroatoms. The molecule has 1 atom stereocenters. The zero-order valence-corrected chi connectivity index (χ0v) is 13.2. The van der Waals surface area contributed by atoms with Crippen molar-refractivity contribution in [1.82, 2.24) is 4.98 Å². The van der Waals surface area contributed by atoms with E-state index in [2.05, 4.69) is 10.3 Å². The molecule has 1 N–H and O–H groups in total. The lowest BCUT2D eigenvalue weighted by Gasteiger charge is -2.21. The van der Waals surface area contributed by atoms with Gasteiger partial charge in [0.1, 0.15) is 24.2 Å². The lowest BCUT2D eigenvalue weighted by Crippen LogP contribution is -2.30. The van der Waals surface area contributed by atoms with E-state index in [1.54, 1.807) is 20.8 Å². The molecule has 0 amide bonds. The largest absolute Gasteiger partial charge is 0.508 e. The highest BCUT2D eigenvalue weighted by molar-refractivity contribution is 5.60. The van der Waals surface area contributed by atoms with Gasteiger partial charge in [-0.05, 0) is 33.3 Å². The molecule has 0 aromatic carbocycles. The van der Waals surface area contributed by atoms with E-state index in [0.29, 0.717) is 12.2 Å². The number of nitro groups is 1. The first kappa shape index (κ1) is 17.7. The van der Waals surface area contributed by atoms with Gasteiger partial charge in [-0.1, -0.05) is 6.92 Å². The molecule has 1 rings (SSSR count). The quantitative estimate of drug-likeness (QED) is 0.489. The maximum absolute atomic E-state index is 11.5. The molecule has 0 aliphatic heterocycles. The summed E-state index contributed by atoms with van der Waals surface area (Å²) in [6.45, 7) is 7.30. The molecule has 0 spiro atoms. The third kappa shape index (κ3) is 6.38. The van der Waals surface area contributed by atoms with Crippen LogP contribution in [0.5, 0.6) is 0 Å². The van der Waals surface area contributed by atoms with Crippen LogP contribution >= 0.6 is 0 Å². The zero-order chi connectivity index (χ0) is 16.8. The number of carbonyl (C=O) groups excluding carboxylic acids is 1. The van der Waals surface area contributed by atoms with Crippen LogP contribution in [0, 0.1) is 10.1 Å². The van der Waals surface area contributed by atoms with Gasteiger partial charge in [-0.3, -0.25) is 10.1 Å². The van der Waals surface area contributed by atoms with Crippen molar-refractivity contribution in [1.29, 1.82) is 0 Å². The number of carbonyl (C=O) groups is 1. The lowest BCUT2D eigenvalue weighted by molar-refractivity contribution is -0.385. The van der Waals surface area contributed by atoms with E-state index >= 15 is 0 Å². The van der Waals surface area contributed by atoms with Crippen LogP contribution in [-0.4, -0.2) is 34.3 Å². The molecule has 0 fully saturated rings. The Labute approximate surface area is 129 Å². The van der Waals surface area contributed by atoms with Gasteiger partial charge in [0, 0.05) is 6.07 Å². The summed E-state index contributed by atoms with van der Waals surface area (Å²) in [6, 6.07) is 2.70. The first-order chi connectivity index (χ1) is 10.2. The number of pyridine rings is 1. The molecule has 0 radical (unpaired) electrons. The molecule has 0 aliphatic rings. The fourth-order valence-electron chi connectivity index (χ4n) is 1.50. The Bertz CT molecular complexity index is 510. The van der Waals surface area contributed by atoms with Gasteiger partial charge in [0.05, 0.1) is 11.0 Å². The fourth-order valence-corrected chi connectivity index (χ4v) is 1.50. The first-order valence-electron chi connectivity index (χ1n) is 6.94. The SMILES string of the molecule is CCC(COC(=O)OC(C)(C)C)Nc1ccc([N+](=O)[O-])cn1. The molecule has 22 heavy (non-hydrogen) atoms. The second kappa shape index (κ2) is 7.58. The van der Waals surface area contributed by atoms with Gasteiger partial charge >= 0.3 is 6.16 Å². The molecule has 1 aromatic heterocycles. The minimum atomic E-state index is -0.732. The molecule has 0 bridgehead atoms. The second-order valence-corrected chi connectivity index (χ2v) is 5.68. The van der Waals surface area contributed by atoms with Crippen molar-refractivity contribution in [2.75, 3.05) is 11.9 Å². The summed E-state index contributed by atoms with van der Waals surface area (Å²) >= 11 is 0. The third-order valence-electron chi connectivity index (χ3n) is 2.60. The lowest BCUT2D eigenvalue weighted by atomic mass is 10.2. The van der Waals surface area contributed by atoms with Crippen molar-refractivity contribution >= 4 is 17.7 Å². The third-order valence-corrected chi connectivity index (χ3v) is 2.60. The number of hydrogen-bond donors (Lipinski definition) is 1. The summed E-state index contributed by atoms with van der Waals surface area (Å²) in [4.78, 5) is 25.5. The molecule has 0 saturated heterocycles. The zero-order valence-electron chi connectivity index (χ0n) is 13.2. The predicted octanol–water partition coefficient (Wildman–Crippen LogP) is 3.13. The van der Waals surface area contributed by atoms with Crippen molar-refractivity contribution in [3.63, 3.8) is 0 Å². The van der Waals surface area contributed by atoms with Crippen molar-refractivity contribution < 1.29 is 19.2 Å². The standard InChI is InChI=1S/C14H21N3O5/c1-5-10(9-21-13(18)22-14(2,3)4)16-12-7-6-11(8-15-12)17(19)20/h6-8,10H,5,9H2,1-4H3,(H,15,16). The van der Waals surface area contributed by atoms with Crippen LogP contribution in [0.1, 0.15) is 34.1 Å². The molecule has 8 nitrogen and oxygen atoms in total. The summed E-state index contributed by atoms with van der Waals surface area (Å²) in [5.41, 5.74) is -0.685. The molecular weight excluding hydrogens is 290 g/mol. The number of ether oxygens (including phenoxy) is 2. The predicted molar refractivity (Wildman–Crippen MR) is 80.8 cm³/mol. The van der Waals surface area contributed by atoms with E-state index in [1.165, 1.54) is 18.3 Å². The van der Waals surface area contributed by atoms with Crippen molar-refractivity contribution in [3.8, 4) is 0 Å². The molecule has 1 aromatic rings. The maximum Gasteiger partial charge on any atom is 0.508 e.